The number of rotatable bonds is 3. The number of urea groups is 1. The van der Waals surface area contributed by atoms with Crippen LogP contribution in [-0.4, -0.2) is 32.7 Å². The van der Waals surface area contributed by atoms with Gasteiger partial charge in [-0.25, -0.2) is 9.18 Å². The molecule has 0 saturated heterocycles. The second-order valence-corrected chi connectivity index (χ2v) is 9.13. The maximum Gasteiger partial charge on any atom is 0.322 e. The predicted molar refractivity (Wildman–Crippen MR) is 137 cm³/mol. The van der Waals surface area contributed by atoms with Gasteiger partial charge in [-0.3, -0.25) is 9.48 Å². The lowest BCUT2D eigenvalue weighted by molar-refractivity contribution is 0.0992. The molecule has 7 nitrogen and oxygen atoms in total. The summed E-state index contributed by atoms with van der Waals surface area (Å²) in [5.74, 6) is -1.25. The number of hydrogen-bond acceptors (Lipinski definition) is 3. The molecule has 3 N–H and O–H groups in total. The van der Waals surface area contributed by atoms with Crippen LogP contribution < -0.4 is 11.1 Å². The molecule has 0 saturated carbocycles. The van der Waals surface area contributed by atoms with E-state index in [1.807, 2.05) is 45.0 Å². The Bertz CT molecular complexity index is 1230. The standard InChI is InChI=1S/C23H23ClFN5O2.C3H8/c1-12-4-7-16(8-5-12)27-23(32)29-11-19-20(22(26)31)21(28-30(19)14(3)13(29)2)15-6-9-18(25)17(24)10-15;1-3-2/h4-10,13-14H,11H2,1-3H3,(H2,26,31)(H,27,32);3H2,1-2H3. The molecule has 35 heavy (non-hydrogen) atoms. The number of aryl methyl sites for hydroxylation is 1. The number of fused-ring (bicyclic) bond motifs is 1. The topological polar surface area (TPSA) is 93.2 Å². The molecule has 0 aliphatic carbocycles. The van der Waals surface area contributed by atoms with Crippen molar-refractivity contribution in [2.24, 2.45) is 5.73 Å². The molecular weight excluding hydrogens is 469 g/mol. The van der Waals surface area contributed by atoms with Gasteiger partial charge in [0.15, 0.2) is 0 Å². The van der Waals surface area contributed by atoms with Crippen LogP contribution in [0.2, 0.25) is 5.02 Å². The van der Waals surface area contributed by atoms with Crippen molar-refractivity contribution in [3.63, 3.8) is 0 Å². The lowest BCUT2D eigenvalue weighted by Gasteiger charge is -2.38. The second-order valence-electron chi connectivity index (χ2n) is 8.72. The van der Waals surface area contributed by atoms with E-state index in [-0.39, 0.29) is 35.2 Å². The van der Waals surface area contributed by atoms with Crippen molar-refractivity contribution in [2.45, 2.75) is 59.7 Å². The van der Waals surface area contributed by atoms with Crippen LogP contribution in [0.4, 0.5) is 14.9 Å². The molecule has 2 aromatic carbocycles. The lowest BCUT2D eigenvalue weighted by atomic mass is 10.0. The summed E-state index contributed by atoms with van der Waals surface area (Å²) in [4.78, 5) is 27.1. The van der Waals surface area contributed by atoms with Crippen LogP contribution >= 0.6 is 11.6 Å². The summed E-state index contributed by atoms with van der Waals surface area (Å²) in [5.41, 5.74) is 8.98. The number of nitrogens with one attached hydrogen (secondary N) is 1. The molecule has 2 unspecified atom stereocenters. The third kappa shape index (κ3) is 5.48. The molecule has 0 radical (unpaired) electrons. The summed E-state index contributed by atoms with van der Waals surface area (Å²) in [6.07, 6.45) is 1.25. The van der Waals surface area contributed by atoms with Crippen LogP contribution in [0.5, 0.6) is 0 Å². The molecule has 4 rings (SSSR count). The van der Waals surface area contributed by atoms with E-state index < -0.39 is 11.7 Å². The summed E-state index contributed by atoms with van der Waals surface area (Å²) in [7, 11) is 0. The second kappa shape index (κ2) is 10.9. The van der Waals surface area contributed by atoms with Gasteiger partial charge in [0.1, 0.15) is 11.5 Å². The number of anilines is 1. The number of nitrogens with zero attached hydrogens (tertiary/aromatic N) is 3. The number of hydrogen-bond donors (Lipinski definition) is 2. The van der Waals surface area contributed by atoms with Crippen LogP contribution in [0.1, 0.15) is 61.8 Å². The van der Waals surface area contributed by atoms with Crippen molar-refractivity contribution in [1.82, 2.24) is 14.7 Å². The quantitative estimate of drug-likeness (QED) is 0.451. The monoisotopic (exact) mass is 499 g/mol. The molecule has 9 heteroatoms. The normalized spacial score (nSPS) is 16.7. The molecular formula is C26H31ClFN5O2. The molecule has 1 aliphatic rings. The summed E-state index contributed by atoms with van der Waals surface area (Å²) in [6, 6.07) is 10.9. The average Bonchev–Trinajstić information content (AvgIpc) is 3.20. The minimum absolute atomic E-state index is 0.0792. The van der Waals surface area contributed by atoms with Crippen LogP contribution in [0, 0.1) is 12.7 Å². The Labute approximate surface area is 210 Å². The van der Waals surface area contributed by atoms with E-state index in [9.17, 15) is 14.0 Å². The van der Waals surface area contributed by atoms with Gasteiger partial charge in [-0.2, -0.15) is 5.10 Å². The maximum absolute atomic E-state index is 13.7. The summed E-state index contributed by atoms with van der Waals surface area (Å²) < 4.78 is 15.4. The molecule has 1 aromatic heterocycles. The van der Waals surface area contributed by atoms with Crippen molar-refractivity contribution in [2.75, 3.05) is 5.32 Å². The molecule has 3 amide bonds. The minimum Gasteiger partial charge on any atom is -0.365 e. The Hall–Kier alpha value is -3.39. The Morgan fingerprint density at radius 3 is 2.34 bits per heavy atom. The number of carbonyl (C=O) groups is 2. The van der Waals surface area contributed by atoms with Gasteiger partial charge in [0.25, 0.3) is 5.91 Å². The van der Waals surface area contributed by atoms with Crippen LogP contribution in [0.15, 0.2) is 42.5 Å². The van der Waals surface area contributed by atoms with E-state index in [1.54, 1.807) is 9.58 Å². The lowest BCUT2D eigenvalue weighted by Crippen LogP contribution is -2.49. The first-order valence-electron chi connectivity index (χ1n) is 11.6. The Morgan fingerprint density at radius 2 is 1.77 bits per heavy atom. The van der Waals surface area contributed by atoms with E-state index in [0.717, 1.165) is 5.56 Å². The van der Waals surface area contributed by atoms with Crippen molar-refractivity contribution in [1.29, 1.82) is 0 Å². The van der Waals surface area contributed by atoms with E-state index in [1.165, 1.54) is 24.6 Å². The summed E-state index contributed by atoms with van der Waals surface area (Å²) in [5, 5.41) is 7.43. The van der Waals surface area contributed by atoms with Gasteiger partial charge in [0.2, 0.25) is 0 Å². The Kier molecular flexibility index (Phi) is 8.17. The van der Waals surface area contributed by atoms with Crippen molar-refractivity contribution < 1.29 is 14.0 Å². The third-order valence-corrected chi connectivity index (χ3v) is 6.20. The fraction of sp³-hybridized carbons (Fsp3) is 0.346. The number of carbonyl (C=O) groups excluding carboxylic acids is 2. The molecule has 3 aromatic rings. The van der Waals surface area contributed by atoms with Crippen molar-refractivity contribution >= 4 is 29.2 Å². The highest BCUT2D eigenvalue weighted by Crippen LogP contribution is 2.35. The zero-order valence-electron chi connectivity index (χ0n) is 20.6. The minimum atomic E-state index is -0.678. The van der Waals surface area contributed by atoms with Crippen LogP contribution in [0.3, 0.4) is 0 Å². The molecule has 186 valence electrons. The zero-order chi connectivity index (χ0) is 25.9. The molecule has 2 atom stereocenters. The SMILES string of the molecule is CCC.Cc1ccc(NC(=O)N2Cc3c(C(N)=O)c(-c4ccc(F)c(Cl)c4)nn3C(C)C2C)cc1. The van der Waals surface area contributed by atoms with Gasteiger partial charge in [0, 0.05) is 11.3 Å². The highest BCUT2D eigenvalue weighted by molar-refractivity contribution is 6.31. The third-order valence-electron chi connectivity index (χ3n) is 5.91. The van der Waals surface area contributed by atoms with Gasteiger partial charge in [-0.1, -0.05) is 49.6 Å². The van der Waals surface area contributed by atoms with Gasteiger partial charge in [-0.15, -0.1) is 0 Å². The van der Waals surface area contributed by atoms with Gasteiger partial charge in [0.05, 0.1) is 34.9 Å². The van der Waals surface area contributed by atoms with Crippen molar-refractivity contribution in [3.8, 4) is 11.3 Å². The highest BCUT2D eigenvalue weighted by Gasteiger charge is 2.37. The number of amides is 3. The van der Waals surface area contributed by atoms with Crippen LogP contribution in [-0.2, 0) is 6.54 Å². The smallest absolute Gasteiger partial charge is 0.322 e. The highest BCUT2D eigenvalue weighted by atomic mass is 35.5. The Morgan fingerprint density at radius 1 is 1.14 bits per heavy atom. The molecule has 1 aliphatic heterocycles. The van der Waals surface area contributed by atoms with Crippen LogP contribution in [0.25, 0.3) is 11.3 Å². The largest absolute Gasteiger partial charge is 0.365 e. The van der Waals surface area contributed by atoms with Gasteiger partial charge in [-0.05, 0) is 51.1 Å². The molecule has 0 fully saturated rings. The Balaban J connectivity index is 0.00000108. The number of nitrogens with two attached hydrogens (primary N) is 1. The first-order chi connectivity index (χ1) is 16.6. The zero-order valence-corrected chi connectivity index (χ0v) is 21.4. The molecule has 0 spiro atoms. The average molecular weight is 500 g/mol. The number of aromatic nitrogens is 2. The van der Waals surface area contributed by atoms with E-state index in [0.29, 0.717) is 22.6 Å². The van der Waals surface area contributed by atoms with Gasteiger partial charge < -0.3 is 16.0 Å². The van der Waals surface area contributed by atoms with E-state index >= 15 is 0 Å². The number of primary amides is 1. The fourth-order valence-electron chi connectivity index (χ4n) is 3.92. The predicted octanol–water partition coefficient (Wildman–Crippen LogP) is 6.16. The van der Waals surface area contributed by atoms with E-state index in [4.69, 9.17) is 17.3 Å². The number of halogens is 2. The van der Waals surface area contributed by atoms with E-state index in [2.05, 4.69) is 24.3 Å². The summed E-state index contributed by atoms with van der Waals surface area (Å²) >= 11 is 5.94. The maximum atomic E-state index is 13.7. The fourth-order valence-corrected chi connectivity index (χ4v) is 4.10. The molecule has 2 heterocycles. The first kappa shape index (κ1) is 26.2. The van der Waals surface area contributed by atoms with Gasteiger partial charge >= 0.3 is 6.03 Å². The first-order valence-corrected chi connectivity index (χ1v) is 12.0. The summed E-state index contributed by atoms with van der Waals surface area (Å²) in [6.45, 7) is 10.2. The van der Waals surface area contributed by atoms with Crippen molar-refractivity contribution in [3.05, 3.63) is 70.1 Å². The molecule has 0 bridgehead atoms. The number of benzene rings is 2.